The Bertz CT molecular complexity index is 231. The Hall–Kier alpha value is -1.72. The number of allylic oxidation sites excluding steroid dienone is 1. The lowest BCUT2D eigenvalue weighted by atomic mass is 10.3. The topological polar surface area (TPSA) is 98.6 Å². The van der Waals surface area contributed by atoms with Gasteiger partial charge in [0.05, 0.1) is 11.1 Å². The van der Waals surface area contributed by atoms with Crippen molar-refractivity contribution in [2.75, 3.05) is 7.05 Å². The second-order valence-electron chi connectivity index (χ2n) is 1.54. The second-order valence-corrected chi connectivity index (χ2v) is 1.54. The van der Waals surface area contributed by atoms with Crippen LogP contribution in [0.5, 0.6) is 0 Å². The van der Waals surface area contributed by atoms with Crippen LogP contribution in [0.15, 0.2) is 16.9 Å². The van der Waals surface area contributed by atoms with Crippen LogP contribution in [0.4, 0.5) is 0 Å². The van der Waals surface area contributed by atoms with E-state index in [2.05, 4.69) is 4.99 Å². The van der Waals surface area contributed by atoms with Gasteiger partial charge in [0.2, 0.25) is 0 Å². The molecule has 60 valence electrons. The van der Waals surface area contributed by atoms with Crippen molar-refractivity contribution in [3.63, 3.8) is 0 Å². The Morgan fingerprint density at radius 3 is 2.36 bits per heavy atom. The van der Waals surface area contributed by atoms with E-state index in [-0.39, 0.29) is 12.0 Å². The van der Waals surface area contributed by atoms with E-state index in [1.54, 1.807) is 0 Å². The molecule has 0 rings (SSSR count). The summed E-state index contributed by atoms with van der Waals surface area (Å²) in [6.07, 6.45) is 1.01. The summed E-state index contributed by atoms with van der Waals surface area (Å²) < 4.78 is 0. The van der Waals surface area contributed by atoms with Gasteiger partial charge in [0.15, 0.2) is 12.0 Å². The van der Waals surface area contributed by atoms with Crippen LogP contribution >= 0.6 is 0 Å². The van der Waals surface area contributed by atoms with Crippen molar-refractivity contribution in [3.05, 3.63) is 22.0 Å². The monoisotopic (exact) mass is 157 g/mol. The Labute approximate surface area is 62.6 Å². The van der Waals surface area contributed by atoms with Crippen LogP contribution in [-0.4, -0.2) is 24.0 Å². The smallest absolute Gasteiger partial charge is 0.313 e. The van der Waals surface area contributed by atoms with Gasteiger partial charge in [-0.2, -0.15) is 0 Å². The fraction of sp³-hybridized carbons (Fsp3) is 0.200. The fourth-order valence-corrected chi connectivity index (χ4v) is 0.467. The molecule has 0 aliphatic carbocycles. The molecule has 0 saturated carbocycles. The molecule has 0 radical (unpaired) electrons. The number of nitro groups is 1. The molecule has 6 heteroatoms. The van der Waals surface area contributed by atoms with Gasteiger partial charge in [0, 0.05) is 7.05 Å². The molecular weight excluding hydrogens is 150 g/mol. The average molecular weight is 157 g/mol. The summed E-state index contributed by atoms with van der Waals surface area (Å²) in [5.41, 5.74) is 4.13. The number of aliphatic imine (C=N–C) groups is 1. The summed E-state index contributed by atoms with van der Waals surface area (Å²) in [6.45, 7) is 0. The quantitative estimate of drug-likeness (QED) is 0.254. The lowest BCUT2D eigenvalue weighted by Gasteiger charge is -1.91. The van der Waals surface area contributed by atoms with Gasteiger partial charge < -0.3 is 5.73 Å². The number of hydrogen-bond acceptors (Lipinski definition) is 5. The van der Waals surface area contributed by atoms with Crippen molar-refractivity contribution in [1.29, 1.82) is 0 Å². The van der Waals surface area contributed by atoms with Gasteiger partial charge in [-0.1, -0.05) is 0 Å². The first-order valence-corrected chi connectivity index (χ1v) is 2.66. The van der Waals surface area contributed by atoms with Crippen molar-refractivity contribution >= 4 is 12.0 Å². The first-order valence-electron chi connectivity index (χ1n) is 2.66. The van der Waals surface area contributed by atoms with Gasteiger partial charge >= 0.3 is 5.70 Å². The molecule has 0 aromatic carbocycles. The molecule has 0 atom stereocenters. The molecule has 11 heavy (non-hydrogen) atoms. The highest BCUT2D eigenvalue weighted by Gasteiger charge is 2.16. The van der Waals surface area contributed by atoms with Crippen molar-refractivity contribution < 1.29 is 9.72 Å². The van der Waals surface area contributed by atoms with Gasteiger partial charge in [-0.3, -0.25) is 19.9 Å². The zero-order valence-corrected chi connectivity index (χ0v) is 5.85. The van der Waals surface area contributed by atoms with Gasteiger partial charge in [0.25, 0.3) is 0 Å². The van der Waals surface area contributed by atoms with E-state index in [1.165, 1.54) is 7.05 Å². The summed E-state index contributed by atoms with van der Waals surface area (Å²) in [7, 11) is 1.27. The van der Waals surface area contributed by atoms with Crippen LogP contribution in [0.25, 0.3) is 0 Å². The molecule has 0 amide bonds. The number of aldehydes is 1. The number of carbonyl (C=O) groups is 1. The zero-order valence-electron chi connectivity index (χ0n) is 5.85. The predicted octanol–water partition coefficient (Wildman–Crippen LogP) is -0.667. The van der Waals surface area contributed by atoms with Crippen molar-refractivity contribution in [1.82, 2.24) is 0 Å². The maximum atomic E-state index is 10.1. The Morgan fingerprint density at radius 1 is 1.73 bits per heavy atom. The highest BCUT2D eigenvalue weighted by Crippen LogP contribution is 1.94. The van der Waals surface area contributed by atoms with Crippen LogP contribution in [0.2, 0.25) is 0 Å². The van der Waals surface area contributed by atoms with E-state index in [0.29, 0.717) is 0 Å². The molecule has 2 N–H and O–H groups in total. The largest absolute Gasteiger partial charge is 0.399 e. The third-order valence-corrected chi connectivity index (χ3v) is 0.970. The molecule has 0 unspecified atom stereocenters. The third kappa shape index (κ3) is 2.17. The van der Waals surface area contributed by atoms with Crippen LogP contribution in [0.3, 0.4) is 0 Å². The molecule has 0 aromatic rings. The summed E-state index contributed by atoms with van der Waals surface area (Å²) in [5, 5.41) is 10.1. The Kier molecular flexibility index (Phi) is 3.50. The minimum atomic E-state index is -0.767. The van der Waals surface area contributed by atoms with Crippen LogP contribution in [-0.2, 0) is 4.79 Å². The summed E-state index contributed by atoms with van der Waals surface area (Å²) in [6, 6.07) is 0. The lowest BCUT2D eigenvalue weighted by Crippen LogP contribution is -2.14. The van der Waals surface area contributed by atoms with E-state index >= 15 is 0 Å². The first-order chi connectivity index (χ1) is 5.17. The molecule has 0 aromatic heterocycles. The number of hydrogen-bond donors (Lipinski definition) is 1. The molecule has 0 aliphatic rings. The van der Waals surface area contributed by atoms with E-state index in [4.69, 9.17) is 5.73 Å². The highest BCUT2D eigenvalue weighted by atomic mass is 16.6. The van der Waals surface area contributed by atoms with E-state index in [1.807, 2.05) is 0 Å². The molecule has 0 saturated heterocycles. The third-order valence-electron chi connectivity index (χ3n) is 0.970. The lowest BCUT2D eigenvalue weighted by molar-refractivity contribution is -0.415. The molecule has 0 aliphatic heterocycles. The SMILES string of the molecule is CN=C(C=O)C(=CN)[N+](=O)[O-]. The maximum Gasteiger partial charge on any atom is 0.313 e. The number of nitrogens with zero attached hydrogens (tertiary/aromatic N) is 2. The predicted molar refractivity (Wildman–Crippen MR) is 38.7 cm³/mol. The summed E-state index contributed by atoms with van der Waals surface area (Å²) >= 11 is 0. The number of nitrogens with two attached hydrogens (primary N) is 1. The van der Waals surface area contributed by atoms with E-state index in [0.717, 1.165) is 6.20 Å². The van der Waals surface area contributed by atoms with Gasteiger partial charge in [-0.25, -0.2) is 0 Å². The molecule has 0 bridgehead atoms. The summed E-state index contributed by atoms with van der Waals surface area (Å²) in [4.78, 5) is 22.8. The van der Waals surface area contributed by atoms with Gasteiger partial charge in [-0.15, -0.1) is 0 Å². The molecule has 0 spiro atoms. The zero-order chi connectivity index (χ0) is 8.85. The van der Waals surface area contributed by atoms with Gasteiger partial charge in [0.1, 0.15) is 0 Å². The molecule has 6 nitrogen and oxygen atoms in total. The minimum absolute atomic E-state index is 0.266. The molecular formula is C5H7N3O3. The normalized spacial score (nSPS) is 12.8. The van der Waals surface area contributed by atoms with Crippen molar-refractivity contribution in [2.45, 2.75) is 0 Å². The highest BCUT2D eigenvalue weighted by molar-refractivity contribution is 6.35. The standard InChI is InChI=1S/C5H7N3O3/c1-7-4(3-9)5(2-6)8(10)11/h2-3H,6H2,1H3. The van der Waals surface area contributed by atoms with Gasteiger partial charge in [-0.05, 0) is 0 Å². The molecule has 0 fully saturated rings. The number of rotatable bonds is 3. The molecule has 0 heterocycles. The fourth-order valence-electron chi connectivity index (χ4n) is 0.467. The summed E-state index contributed by atoms with van der Waals surface area (Å²) in [5.74, 6) is 0. The second kappa shape index (κ2) is 4.15. The first kappa shape index (κ1) is 9.28. The van der Waals surface area contributed by atoms with Crippen LogP contribution < -0.4 is 5.73 Å². The average Bonchev–Trinajstić information content (AvgIpc) is 1.99. The van der Waals surface area contributed by atoms with Crippen LogP contribution in [0.1, 0.15) is 0 Å². The van der Waals surface area contributed by atoms with Crippen LogP contribution in [0, 0.1) is 10.1 Å². The minimum Gasteiger partial charge on any atom is -0.399 e. The number of carbonyl (C=O) groups excluding carboxylic acids is 1. The Balaban J connectivity index is 4.79. The van der Waals surface area contributed by atoms with E-state index in [9.17, 15) is 14.9 Å². The van der Waals surface area contributed by atoms with E-state index < -0.39 is 10.6 Å². The van der Waals surface area contributed by atoms with Crippen molar-refractivity contribution in [2.24, 2.45) is 10.7 Å². The van der Waals surface area contributed by atoms with Crippen molar-refractivity contribution in [3.8, 4) is 0 Å². The maximum absolute atomic E-state index is 10.1. The Morgan fingerprint density at radius 2 is 2.27 bits per heavy atom.